The number of carboxylic acid groups (broad SMARTS) is 1. The first-order valence-electron chi connectivity index (χ1n) is 3.58. The van der Waals surface area contributed by atoms with Crippen LogP contribution < -0.4 is 11.1 Å². The number of carbonyl (C=O) groups excluding carboxylic acids is 1. The van der Waals surface area contributed by atoms with Crippen LogP contribution in [-0.4, -0.2) is 30.1 Å². The standard InChI is InChI=1S/C7H14N2O3/c1-7(2,6(11)12)4-9-3-5(8)10/h9H,3-4H2,1-2H3,(H2,8,10)(H,11,12). The minimum atomic E-state index is -0.903. The van der Waals surface area contributed by atoms with E-state index in [4.69, 9.17) is 10.8 Å². The Labute approximate surface area is 70.9 Å². The van der Waals surface area contributed by atoms with Gasteiger partial charge in [0.05, 0.1) is 12.0 Å². The van der Waals surface area contributed by atoms with E-state index in [1.165, 1.54) is 0 Å². The molecular formula is C7H14N2O3. The number of primary amides is 1. The fourth-order valence-corrected chi connectivity index (χ4v) is 0.574. The molecule has 0 aromatic carbocycles. The summed E-state index contributed by atoms with van der Waals surface area (Å²) in [5.74, 6) is -1.39. The third-order valence-corrected chi connectivity index (χ3v) is 1.45. The Morgan fingerprint density at radius 3 is 2.33 bits per heavy atom. The highest BCUT2D eigenvalue weighted by atomic mass is 16.4. The van der Waals surface area contributed by atoms with Gasteiger partial charge in [0.25, 0.3) is 0 Å². The van der Waals surface area contributed by atoms with E-state index in [0.717, 1.165) is 0 Å². The molecule has 0 rings (SSSR count). The van der Waals surface area contributed by atoms with E-state index in [-0.39, 0.29) is 13.1 Å². The Balaban J connectivity index is 3.76. The maximum atomic E-state index is 10.5. The number of hydrogen-bond donors (Lipinski definition) is 3. The van der Waals surface area contributed by atoms with E-state index in [2.05, 4.69) is 5.32 Å². The van der Waals surface area contributed by atoms with Crippen molar-refractivity contribution >= 4 is 11.9 Å². The zero-order valence-electron chi connectivity index (χ0n) is 7.26. The summed E-state index contributed by atoms with van der Waals surface area (Å²) in [5, 5.41) is 11.3. The molecule has 0 unspecified atom stereocenters. The zero-order chi connectivity index (χ0) is 9.78. The van der Waals surface area contributed by atoms with Crippen molar-refractivity contribution in [1.82, 2.24) is 5.32 Å². The summed E-state index contributed by atoms with van der Waals surface area (Å²) >= 11 is 0. The molecule has 1 amide bonds. The van der Waals surface area contributed by atoms with Gasteiger partial charge in [-0.05, 0) is 13.8 Å². The van der Waals surface area contributed by atoms with Gasteiger partial charge >= 0.3 is 5.97 Å². The van der Waals surface area contributed by atoms with E-state index in [0.29, 0.717) is 0 Å². The summed E-state index contributed by atoms with van der Waals surface area (Å²) < 4.78 is 0. The van der Waals surface area contributed by atoms with Crippen LogP contribution in [0.1, 0.15) is 13.8 Å². The van der Waals surface area contributed by atoms with Crippen LogP contribution in [0.4, 0.5) is 0 Å². The van der Waals surface area contributed by atoms with Crippen LogP contribution in [0.5, 0.6) is 0 Å². The first-order valence-corrected chi connectivity index (χ1v) is 3.58. The third-order valence-electron chi connectivity index (χ3n) is 1.45. The predicted octanol–water partition coefficient (Wildman–Crippen LogP) is -0.828. The summed E-state index contributed by atoms with van der Waals surface area (Å²) in [6.45, 7) is 3.38. The van der Waals surface area contributed by atoms with Crippen molar-refractivity contribution in [3.05, 3.63) is 0 Å². The van der Waals surface area contributed by atoms with Gasteiger partial charge in [0.2, 0.25) is 5.91 Å². The molecule has 0 radical (unpaired) electrons. The maximum absolute atomic E-state index is 10.5. The molecule has 0 spiro atoms. The van der Waals surface area contributed by atoms with Crippen LogP contribution in [0, 0.1) is 5.41 Å². The first-order chi connectivity index (χ1) is 5.36. The van der Waals surface area contributed by atoms with Crippen LogP contribution in [0.25, 0.3) is 0 Å². The quantitative estimate of drug-likeness (QED) is 0.507. The minimum Gasteiger partial charge on any atom is -0.481 e. The van der Waals surface area contributed by atoms with Crippen LogP contribution in [0.15, 0.2) is 0 Å². The van der Waals surface area contributed by atoms with Crippen molar-refractivity contribution in [2.45, 2.75) is 13.8 Å². The van der Waals surface area contributed by atoms with Gasteiger partial charge in [-0.2, -0.15) is 0 Å². The molecule has 0 aliphatic carbocycles. The van der Waals surface area contributed by atoms with E-state index in [1.54, 1.807) is 13.8 Å². The van der Waals surface area contributed by atoms with Crippen LogP contribution in [-0.2, 0) is 9.59 Å². The lowest BCUT2D eigenvalue weighted by Gasteiger charge is -2.18. The number of aliphatic carboxylic acids is 1. The van der Waals surface area contributed by atoms with Crippen LogP contribution >= 0.6 is 0 Å². The van der Waals surface area contributed by atoms with Crippen molar-refractivity contribution in [2.24, 2.45) is 11.1 Å². The van der Waals surface area contributed by atoms with Gasteiger partial charge < -0.3 is 16.2 Å². The molecule has 0 fully saturated rings. The average molecular weight is 174 g/mol. The van der Waals surface area contributed by atoms with Crippen LogP contribution in [0.3, 0.4) is 0 Å². The summed E-state index contributed by atoms with van der Waals surface area (Å²) in [6.07, 6.45) is 0. The van der Waals surface area contributed by atoms with Gasteiger partial charge in [-0.25, -0.2) is 0 Å². The Kier molecular flexibility index (Phi) is 3.69. The predicted molar refractivity (Wildman–Crippen MR) is 43.5 cm³/mol. The third kappa shape index (κ3) is 3.92. The van der Waals surface area contributed by atoms with Gasteiger partial charge in [0.15, 0.2) is 0 Å². The second kappa shape index (κ2) is 4.06. The number of rotatable bonds is 5. The molecule has 0 heterocycles. The van der Waals surface area contributed by atoms with Gasteiger partial charge in [-0.3, -0.25) is 9.59 Å². The largest absolute Gasteiger partial charge is 0.481 e. The van der Waals surface area contributed by atoms with Gasteiger partial charge in [-0.15, -0.1) is 0 Å². The van der Waals surface area contributed by atoms with Gasteiger partial charge in [0, 0.05) is 6.54 Å². The van der Waals surface area contributed by atoms with Crippen LogP contribution in [0.2, 0.25) is 0 Å². The fourth-order valence-electron chi connectivity index (χ4n) is 0.574. The molecule has 0 aromatic heterocycles. The molecule has 0 bridgehead atoms. The Morgan fingerprint density at radius 1 is 1.50 bits per heavy atom. The molecule has 0 aromatic rings. The normalized spacial score (nSPS) is 11.2. The summed E-state index contributed by atoms with van der Waals surface area (Å²) in [5.41, 5.74) is 3.98. The Hall–Kier alpha value is -1.10. The second-order valence-corrected chi connectivity index (χ2v) is 3.26. The number of carbonyl (C=O) groups is 2. The topological polar surface area (TPSA) is 92.4 Å². The molecule has 70 valence electrons. The highest BCUT2D eigenvalue weighted by Crippen LogP contribution is 2.12. The molecule has 5 nitrogen and oxygen atoms in total. The summed E-state index contributed by atoms with van der Waals surface area (Å²) in [6, 6.07) is 0. The molecule has 0 aliphatic rings. The molecule has 5 heteroatoms. The lowest BCUT2D eigenvalue weighted by atomic mass is 9.94. The second-order valence-electron chi connectivity index (χ2n) is 3.26. The molecule has 0 atom stereocenters. The number of carboxylic acids is 1. The first kappa shape index (κ1) is 10.9. The van der Waals surface area contributed by atoms with E-state index in [9.17, 15) is 9.59 Å². The average Bonchev–Trinajstić information content (AvgIpc) is 1.85. The Morgan fingerprint density at radius 2 is 2.00 bits per heavy atom. The van der Waals surface area contributed by atoms with Crippen molar-refractivity contribution < 1.29 is 14.7 Å². The summed E-state index contributed by atoms with van der Waals surface area (Å²) in [7, 11) is 0. The smallest absolute Gasteiger partial charge is 0.310 e. The van der Waals surface area contributed by atoms with E-state index >= 15 is 0 Å². The zero-order valence-corrected chi connectivity index (χ0v) is 7.26. The highest BCUT2D eigenvalue weighted by molar-refractivity contribution is 5.76. The lowest BCUT2D eigenvalue weighted by molar-refractivity contribution is -0.146. The van der Waals surface area contributed by atoms with Gasteiger partial charge in [-0.1, -0.05) is 0 Å². The molecule has 0 aliphatic heterocycles. The number of amides is 1. The van der Waals surface area contributed by atoms with Crippen molar-refractivity contribution in [2.75, 3.05) is 13.1 Å². The molecule has 0 saturated carbocycles. The van der Waals surface area contributed by atoms with Crippen molar-refractivity contribution in [3.63, 3.8) is 0 Å². The van der Waals surface area contributed by atoms with Crippen molar-refractivity contribution in [3.8, 4) is 0 Å². The molecule has 4 N–H and O–H groups in total. The minimum absolute atomic E-state index is 0.0106. The maximum Gasteiger partial charge on any atom is 0.310 e. The van der Waals surface area contributed by atoms with E-state index < -0.39 is 17.3 Å². The van der Waals surface area contributed by atoms with E-state index in [1.807, 2.05) is 0 Å². The molecular weight excluding hydrogens is 160 g/mol. The number of nitrogens with one attached hydrogen (secondary N) is 1. The highest BCUT2D eigenvalue weighted by Gasteiger charge is 2.26. The number of nitrogens with two attached hydrogens (primary N) is 1. The van der Waals surface area contributed by atoms with Crippen molar-refractivity contribution in [1.29, 1.82) is 0 Å². The lowest BCUT2D eigenvalue weighted by Crippen LogP contribution is -2.39. The fraction of sp³-hybridized carbons (Fsp3) is 0.714. The molecule has 0 saturated heterocycles. The summed E-state index contributed by atoms with van der Waals surface area (Å²) in [4.78, 5) is 20.8. The monoisotopic (exact) mass is 174 g/mol. The molecule has 12 heavy (non-hydrogen) atoms. The Bertz CT molecular complexity index is 189. The number of hydrogen-bond acceptors (Lipinski definition) is 3. The SMILES string of the molecule is CC(C)(CNCC(N)=O)C(=O)O. The van der Waals surface area contributed by atoms with Gasteiger partial charge in [0.1, 0.15) is 0 Å².